The van der Waals surface area contributed by atoms with E-state index in [0.717, 1.165) is 24.1 Å². The van der Waals surface area contributed by atoms with Crippen LogP contribution < -0.4 is 16.0 Å². The highest BCUT2D eigenvalue weighted by Gasteiger charge is 2.40. The van der Waals surface area contributed by atoms with Gasteiger partial charge in [-0.25, -0.2) is 9.78 Å². The SMILES string of the molecule is CC1=C[N+]2=NC=NC2C=C1Nc1ncc2c(n1)n(N1C3CCC1COC3)c(=O)n2C. The zero-order chi connectivity index (χ0) is 20.4. The van der Waals surface area contributed by atoms with Crippen LogP contribution >= 0.6 is 0 Å². The second kappa shape index (κ2) is 6.33. The van der Waals surface area contributed by atoms with E-state index in [1.54, 1.807) is 33.5 Å². The van der Waals surface area contributed by atoms with Crippen LogP contribution in [-0.4, -0.2) is 61.7 Å². The molecule has 0 saturated carbocycles. The molecule has 6 rings (SSSR count). The zero-order valence-corrected chi connectivity index (χ0v) is 16.8. The molecule has 2 aromatic rings. The van der Waals surface area contributed by atoms with Gasteiger partial charge in [-0.2, -0.15) is 14.7 Å². The Morgan fingerprint density at radius 1 is 1.27 bits per heavy atom. The molecule has 11 heteroatoms. The minimum atomic E-state index is -0.154. The lowest BCUT2D eigenvalue weighted by atomic mass is 10.1. The van der Waals surface area contributed by atoms with Crippen LogP contribution in [0.2, 0.25) is 0 Å². The Bertz CT molecular complexity index is 1220. The summed E-state index contributed by atoms with van der Waals surface area (Å²) in [5.74, 6) is 0.439. The number of nitrogens with zero attached hydrogens (tertiary/aromatic N) is 8. The summed E-state index contributed by atoms with van der Waals surface area (Å²) in [5.41, 5.74) is 3.07. The molecule has 3 atom stereocenters. The molecule has 0 spiro atoms. The molecule has 154 valence electrons. The van der Waals surface area contributed by atoms with Gasteiger partial charge in [-0.3, -0.25) is 9.58 Å². The van der Waals surface area contributed by atoms with Crippen LogP contribution in [0.4, 0.5) is 5.95 Å². The third-order valence-corrected chi connectivity index (χ3v) is 6.20. The summed E-state index contributed by atoms with van der Waals surface area (Å²) < 4.78 is 10.8. The maximum atomic E-state index is 13.1. The fourth-order valence-corrected chi connectivity index (χ4v) is 4.63. The lowest BCUT2D eigenvalue weighted by Gasteiger charge is -2.36. The van der Waals surface area contributed by atoms with Crippen molar-refractivity contribution in [1.82, 2.24) is 19.2 Å². The standard InChI is InChI=1S/C19H22N9O2/c1-11-7-26-16(21-10-22-26)5-14(11)23-18-20-6-15-17(24-18)28(19(29)25(15)2)27-12-3-4-13(27)9-30-8-12/h5-7,10,12-13,16H,3-4,8-9H2,1-2H3,(H,20,23,24)/q+1. The molecule has 4 aliphatic heterocycles. The summed E-state index contributed by atoms with van der Waals surface area (Å²) in [6, 6.07) is 0.388. The van der Waals surface area contributed by atoms with E-state index in [2.05, 4.69) is 25.4 Å². The van der Waals surface area contributed by atoms with E-state index in [9.17, 15) is 4.79 Å². The predicted octanol–water partition coefficient (Wildman–Crippen LogP) is 0.675. The number of nitrogens with one attached hydrogen (secondary N) is 1. The van der Waals surface area contributed by atoms with Crippen molar-refractivity contribution < 1.29 is 9.43 Å². The second-order valence-corrected chi connectivity index (χ2v) is 8.05. The second-order valence-electron chi connectivity index (χ2n) is 8.05. The summed E-state index contributed by atoms with van der Waals surface area (Å²) in [4.78, 5) is 26.6. The third-order valence-electron chi connectivity index (χ3n) is 6.20. The molecule has 0 radical (unpaired) electrons. The van der Waals surface area contributed by atoms with Gasteiger partial charge >= 0.3 is 5.69 Å². The monoisotopic (exact) mass is 408 g/mol. The number of fused-ring (bicyclic) bond motifs is 4. The van der Waals surface area contributed by atoms with E-state index in [4.69, 9.17) is 9.72 Å². The number of aromatic nitrogens is 4. The van der Waals surface area contributed by atoms with Gasteiger partial charge in [0.2, 0.25) is 12.1 Å². The van der Waals surface area contributed by atoms with Crippen molar-refractivity contribution in [1.29, 1.82) is 0 Å². The van der Waals surface area contributed by atoms with E-state index in [1.807, 2.05) is 19.2 Å². The first-order valence-corrected chi connectivity index (χ1v) is 10.1. The molecular weight excluding hydrogens is 386 g/mol. The van der Waals surface area contributed by atoms with Crippen LogP contribution in [0, 0.1) is 0 Å². The molecule has 2 bridgehead atoms. The van der Waals surface area contributed by atoms with Gasteiger partial charge in [0, 0.05) is 23.8 Å². The number of aliphatic imine (C=N–C) groups is 1. The average molecular weight is 408 g/mol. The van der Waals surface area contributed by atoms with Crippen LogP contribution in [0.1, 0.15) is 19.8 Å². The molecular formula is C19H22N9O2+. The molecule has 4 aliphatic rings. The first-order valence-electron chi connectivity index (χ1n) is 10.1. The Balaban J connectivity index is 1.41. The van der Waals surface area contributed by atoms with Gasteiger partial charge in [0.1, 0.15) is 5.52 Å². The highest BCUT2D eigenvalue weighted by molar-refractivity contribution is 5.73. The molecule has 1 N–H and O–H groups in total. The predicted molar refractivity (Wildman–Crippen MR) is 109 cm³/mol. The molecule has 3 unspecified atom stereocenters. The normalized spacial score (nSPS) is 27.2. The van der Waals surface area contributed by atoms with E-state index in [-0.39, 0.29) is 23.9 Å². The number of imidazole rings is 1. The van der Waals surface area contributed by atoms with Gasteiger partial charge in [0.25, 0.3) is 6.17 Å². The van der Waals surface area contributed by atoms with Crippen LogP contribution in [0.3, 0.4) is 0 Å². The summed E-state index contributed by atoms with van der Waals surface area (Å²) in [6.45, 7) is 3.26. The highest BCUT2D eigenvalue weighted by Crippen LogP contribution is 2.28. The average Bonchev–Trinajstić information content (AvgIpc) is 3.35. The molecule has 6 heterocycles. The Morgan fingerprint density at radius 3 is 2.87 bits per heavy atom. The van der Waals surface area contributed by atoms with Crippen LogP contribution in [-0.2, 0) is 11.8 Å². The van der Waals surface area contributed by atoms with Crippen molar-refractivity contribution in [3.63, 3.8) is 0 Å². The Hall–Kier alpha value is -3.34. The Kier molecular flexibility index (Phi) is 3.69. The lowest BCUT2D eigenvalue weighted by Crippen LogP contribution is -2.55. The smallest absolute Gasteiger partial charge is 0.349 e. The van der Waals surface area contributed by atoms with Crippen molar-refractivity contribution in [3.8, 4) is 0 Å². The van der Waals surface area contributed by atoms with Gasteiger partial charge in [0.15, 0.2) is 12.0 Å². The van der Waals surface area contributed by atoms with E-state index >= 15 is 0 Å². The number of aryl methyl sites for hydroxylation is 1. The first-order chi connectivity index (χ1) is 14.6. The molecule has 11 nitrogen and oxygen atoms in total. The maximum Gasteiger partial charge on any atom is 0.349 e. The summed E-state index contributed by atoms with van der Waals surface area (Å²) >= 11 is 0. The number of hydrogen-bond acceptors (Lipinski definition) is 8. The zero-order valence-electron chi connectivity index (χ0n) is 16.8. The Labute approximate surface area is 171 Å². The molecule has 0 amide bonds. The highest BCUT2D eigenvalue weighted by atomic mass is 16.5. The van der Waals surface area contributed by atoms with Gasteiger partial charge in [-0.1, -0.05) is 4.70 Å². The number of allylic oxidation sites excluding steroid dienone is 1. The largest absolute Gasteiger partial charge is 0.377 e. The molecule has 2 aromatic heterocycles. The summed E-state index contributed by atoms with van der Waals surface area (Å²) in [5, 5.41) is 9.64. The van der Waals surface area contributed by atoms with Gasteiger partial charge in [-0.15, -0.1) is 0 Å². The topological polar surface area (TPSA) is 105 Å². The minimum absolute atomic E-state index is 0.110. The number of morpholine rings is 1. The number of ether oxygens (including phenoxy) is 1. The number of hydrogen-bond donors (Lipinski definition) is 1. The van der Waals surface area contributed by atoms with Crippen molar-refractivity contribution in [2.45, 2.75) is 38.0 Å². The van der Waals surface area contributed by atoms with E-state index in [0.29, 0.717) is 30.3 Å². The lowest BCUT2D eigenvalue weighted by molar-refractivity contribution is -0.542. The van der Waals surface area contributed by atoms with Crippen LogP contribution in [0.5, 0.6) is 0 Å². The van der Waals surface area contributed by atoms with Crippen molar-refractivity contribution in [2.75, 3.05) is 23.5 Å². The molecule has 2 saturated heterocycles. The van der Waals surface area contributed by atoms with E-state index < -0.39 is 0 Å². The quantitative estimate of drug-likeness (QED) is 0.749. The first kappa shape index (κ1) is 17.5. The maximum absolute atomic E-state index is 13.1. The number of rotatable bonds is 3. The number of azo groups is 2. The molecule has 2 fully saturated rings. The Morgan fingerprint density at radius 2 is 2.07 bits per heavy atom. The van der Waals surface area contributed by atoms with Crippen molar-refractivity contribution in [3.05, 3.63) is 40.2 Å². The molecule has 30 heavy (non-hydrogen) atoms. The van der Waals surface area contributed by atoms with Crippen molar-refractivity contribution >= 4 is 23.5 Å². The minimum Gasteiger partial charge on any atom is -0.377 e. The summed E-state index contributed by atoms with van der Waals surface area (Å²) in [7, 11) is 1.76. The van der Waals surface area contributed by atoms with Crippen LogP contribution in [0.25, 0.3) is 11.2 Å². The fraction of sp³-hybridized carbons (Fsp3) is 0.474. The third kappa shape index (κ3) is 2.48. The van der Waals surface area contributed by atoms with Crippen LogP contribution in [0.15, 0.2) is 44.6 Å². The van der Waals surface area contributed by atoms with Gasteiger partial charge < -0.3 is 10.1 Å². The number of anilines is 1. The van der Waals surface area contributed by atoms with E-state index in [1.165, 1.54) is 0 Å². The van der Waals surface area contributed by atoms with Gasteiger partial charge in [0.05, 0.1) is 37.2 Å². The summed E-state index contributed by atoms with van der Waals surface area (Å²) in [6.07, 6.45) is 9.05. The van der Waals surface area contributed by atoms with Gasteiger partial charge in [-0.05, 0) is 19.8 Å². The van der Waals surface area contributed by atoms with Crippen molar-refractivity contribution in [2.24, 2.45) is 17.2 Å². The molecule has 0 aromatic carbocycles. The fourth-order valence-electron chi connectivity index (χ4n) is 4.63. The molecule has 0 aliphatic carbocycles.